The number of allylic oxidation sites excluding steroid dienone is 1. The second-order valence-corrected chi connectivity index (χ2v) is 17.3. The minimum atomic E-state index is -0.546. The molecule has 4 nitrogen and oxygen atoms in total. The highest BCUT2D eigenvalue weighted by atomic mass is 79.9. The van der Waals surface area contributed by atoms with Gasteiger partial charge in [0.05, 0.1) is 13.2 Å². The third-order valence-corrected chi connectivity index (χ3v) is 12.5. The van der Waals surface area contributed by atoms with Crippen molar-refractivity contribution in [1.29, 1.82) is 0 Å². The molecule has 0 bridgehead atoms. The Bertz CT molecular complexity index is 2750. The van der Waals surface area contributed by atoms with Gasteiger partial charge < -0.3 is 9.47 Å². The zero-order valence-corrected chi connectivity index (χ0v) is 35.0. The molecule has 0 saturated carbocycles. The molecule has 0 aromatic heterocycles. The molecule has 0 heterocycles. The van der Waals surface area contributed by atoms with Gasteiger partial charge in [0.1, 0.15) is 0 Å². The number of carbonyl (C=O) groups excluding carboxylic acids is 2. The maximum Gasteiger partial charge on any atom is 0.330 e. The minimum absolute atomic E-state index is 0.0501. The van der Waals surface area contributed by atoms with Gasteiger partial charge in [-0.3, -0.25) is 0 Å². The average Bonchev–Trinajstić information content (AvgIpc) is 3.51. The monoisotopic (exact) mass is 826 g/mol. The summed E-state index contributed by atoms with van der Waals surface area (Å²) in [5, 5.41) is 7.62. The van der Waals surface area contributed by atoms with Crippen molar-refractivity contribution < 1.29 is 19.1 Å². The number of hydrogen-bond acceptors (Lipinski definition) is 4. The molecule has 0 radical (unpaired) electrons. The summed E-state index contributed by atoms with van der Waals surface area (Å²) in [6.07, 6.45) is 7.37. The molecule has 0 aliphatic heterocycles. The fourth-order valence-electron chi connectivity index (χ4n) is 8.89. The summed E-state index contributed by atoms with van der Waals surface area (Å²) in [5.74, 6) is -0.816. The van der Waals surface area contributed by atoms with Crippen LogP contribution in [0.5, 0.6) is 0 Å². The van der Waals surface area contributed by atoms with Crippen LogP contribution in [0, 0.1) is 0 Å². The predicted molar refractivity (Wildman–Crippen MR) is 244 cm³/mol. The molecule has 7 aromatic rings. The van der Waals surface area contributed by atoms with E-state index in [-0.39, 0.29) is 12.0 Å². The van der Waals surface area contributed by atoms with Crippen LogP contribution in [0.1, 0.15) is 62.3 Å². The number of hydrogen-bond donors (Lipinski definition) is 0. The normalized spacial score (nSPS) is 14.7. The molecular formula is C53H47BrO4. The van der Waals surface area contributed by atoms with Crippen LogP contribution in [0.4, 0.5) is 0 Å². The third-order valence-electron chi connectivity index (χ3n) is 11.9. The van der Waals surface area contributed by atoms with E-state index in [9.17, 15) is 9.59 Å². The molecule has 1 unspecified atom stereocenters. The number of ether oxygens (including phenoxy) is 2. The van der Waals surface area contributed by atoms with Gasteiger partial charge in [-0.25, -0.2) is 9.59 Å². The van der Waals surface area contributed by atoms with E-state index in [0.717, 1.165) is 39.6 Å². The first-order valence-electron chi connectivity index (χ1n) is 20.0. The number of aryl methyl sites for hydroxylation is 1. The number of rotatable bonds is 13. The Kier molecular flexibility index (Phi) is 10.5. The number of esters is 2. The summed E-state index contributed by atoms with van der Waals surface area (Å²) in [6, 6.07) is 38.4. The molecule has 0 saturated heterocycles. The molecule has 290 valence electrons. The lowest BCUT2D eigenvalue weighted by Crippen LogP contribution is -2.23. The van der Waals surface area contributed by atoms with Crippen molar-refractivity contribution >= 4 is 60.2 Å². The highest BCUT2D eigenvalue weighted by Crippen LogP contribution is 2.56. The highest BCUT2D eigenvalue weighted by Gasteiger charge is 2.42. The van der Waals surface area contributed by atoms with Gasteiger partial charge >= 0.3 is 11.9 Å². The van der Waals surface area contributed by atoms with Crippen LogP contribution in [-0.2, 0) is 36.3 Å². The molecule has 1 atom stereocenters. The molecule has 7 aromatic carbocycles. The SMILES string of the molecule is C=CC(=O)OCCCc1ccc(-c2cc(Br)c3c(c2)C(C=C)(CCCOC(=O)C=C)c2cc(-c4ccc5ccc6cc(C(C)(C)C)cc7ccc4c5c67)ccc2-3)cc1. The van der Waals surface area contributed by atoms with Gasteiger partial charge in [-0.1, -0.05) is 141 Å². The van der Waals surface area contributed by atoms with E-state index in [1.807, 2.05) is 0 Å². The first kappa shape index (κ1) is 39.1. The number of benzene rings is 7. The van der Waals surface area contributed by atoms with Gasteiger partial charge in [-0.2, -0.15) is 0 Å². The zero-order chi connectivity index (χ0) is 40.8. The molecule has 0 fully saturated rings. The van der Waals surface area contributed by atoms with Gasteiger partial charge in [0.15, 0.2) is 0 Å². The first-order valence-corrected chi connectivity index (χ1v) is 20.8. The summed E-state index contributed by atoms with van der Waals surface area (Å²) in [6.45, 7) is 19.0. The van der Waals surface area contributed by atoms with Gasteiger partial charge in [-0.15, -0.1) is 6.58 Å². The van der Waals surface area contributed by atoms with Gasteiger partial charge in [0.2, 0.25) is 0 Å². The van der Waals surface area contributed by atoms with Crippen molar-refractivity contribution in [2.45, 2.75) is 57.3 Å². The Hall–Kier alpha value is -5.78. The fourth-order valence-corrected chi connectivity index (χ4v) is 9.57. The standard InChI is InChI=1S/C53H47BrO4/c1-7-47(55)57-26-10-12-33-13-15-34(16-14-33)39-31-45-51(46(54)32-39)43-24-20-36(30-44(43)53(45,9-3)25-11-27-58-48(56)8-2)41-22-19-35-17-18-37-28-40(52(4,5)6)29-38-21-23-42(41)50(35)49(37)38/h7-9,13-24,28-32H,1-3,10-12,25-27H2,4-6H3. The van der Waals surface area contributed by atoms with Crippen molar-refractivity contribution in [2.24, 2.45) is 0 Å². The van der Waals surface area contributed by atoms with Crippen LogP contribution < -0.4 is 0 Å². The molecule has 0 N–H and O–H groups in total. The van der Waals surface area contributed by atoms with Crippen molar-refractivity contribution in [3.63, 3.8) is 0 Å². The molecule has 0 spiro atoms. The predicted octanol–water partition coefficient (Wildman–Crippen LogP) is 13.6. The van der Waals surface area contributed by atoms with E-state index < -0.39 is 17.4 Å². The molecular weight excluding hydrogens is 780 g/mol. The smallest absolute Gasteiger partial charge is 0.330 e. The maximum absolute atomic E-state index is 12.0. The lowest BCUT2D eigenvalue weighted by atomic mass is 9.73. The number of carbonyl (C=O) groups is 2. The van der Waals surface area contributed by atoms with Gasteiger partial charge in [-0.05, 0) is 132 Å². The van der Waals surface area contributed by atoms with Gasteiger partial charge in [0.25, 0.3) is 0 Å². The quantitative estimate of drug-likeness (QED) is 0.0382. The Morgan fingerprint density at radius 1 is 0.655 bits per heavy atom. The first-order chi connectivity index (χ1) is 27.9. The lowest BCUT2D eigenvalue weighted by molar-refractivity contribution is -0.138. The second kappa shape index (κ2) is 15.5. The average molecular weight is 828 g/mol. The summed E-state index contributed by atoms with van der Waals surface area (Å²) in [4.78, 5) is 23.5. The molecule has 1 aliphatic carbocycles. The topological polar surface area (TPSA) is 52.6 Å². The van der Waals surface area contributed by atoms with E-state index in [1.165, 1.54) is 77.9 Å². The van der Waals surface area contributed by atoms with Crippen LogP contribution in [-0.4, -0.2) is 25.2 Å². The van der Waals surface area contributed by atoms with Crippen LogP contribution in [0.15, 0.2) is 146 Å². The van der Waals surface area contributed by atoms with Crippen molar-refractivity contribution in [2.75, 3.05) is 13.2 Å². The molecule has 5 heteroatoms. The van der Waals surface area contributed by atoms with Crippen LogP contribution in [0.2, 0.25) is 0 Å². The lowest BCUT2D eigenvalue weighted by Gasteiger charge is -2.29. The van der Waals surface area contributed by atoms with E-state index in [1.54, 1.807) is 0 Å². The van der Waals surface area contributed by atoms with Crippen molar-refractivity contribution in [1.82, 2.24) is 0 Å². The summed E-state index contributed by atoms with van der Waals surface area (Å²) < 4.78 is 11.7. The maximum atomic E-state index is 12.0. The van der Waals surface area contributed by atoms with E-state index in [2.05, 4.69) is 166 Å². The van der Waals surface area contributed by atoms with Crippen molar-refractivity contribution in [3.05, 3.63) is 168 Å². The molecule has 8 rings (SSSR count). The fraction of sp³-hybridized carbons (Fsp3) is 0.208. The van der Waals surface area contributed by atoms with Crippen molar-refractivity contribution in [3.8, 4) is 33.4 Å². The third kappa shape index (κ3) is 6.96. The zero-order valence-electron chi connectivity index (χ0n) is 33.4. The van der Waals surface area contributed by atoms with Gasteiger partial charge in [0, 0.05) is 27.6 Å². The molecule has 0 amide bonds. The number of fused-ring (bicyclic) bond motifs is 3. The largest absolute Gasteiger partial charge is 0.463 e. The second-order valence-electron chi connectivity index (χ2n) is 16.4. The summed E-state index contributed by atoms with van der Waals surface area (Å²) in [7, 11) is 0. The number of halogens is 1. The summed E-state index contributed by atoms with van der Waals surface area (Å²) in [5.41, 5.74) is 11.2. The van der Waals surface area contributed by atoms with Crippen LogP contribution >= 0.6 is 15.9 Å². The Morgan fingerprint density at radius 3 is 1.93 bits per heavy atom. The van der Waals surface area contributed by atoms with E-state index in [0.29, 0.717) is 19.4 Å². The van der Waals surface area contributed by atoms with Crippen LogP contribution in [0.3, 0.4) is 0 Å². The Labute approximate surface area is 349 Å². The highest BCUT2D eigenvalue weighted by molar-refractivity contribution is 9.10. The molecule has 1 aliphatic rings. The summed E-state index contributed by atoms with van der Waals surface area (Å²) >= 11 is 4.02. The Balaban J connectivity index is 1.21. The molecule has 58 heavy (non-hydrogen) atoms. The minimum Gasteiger partial charge on any atom is -0.463 e. The van der Waals surface area contributed by atoms with E-state index in [4.69, 9.17) is 9.47 Å². The Morgan fingerprint density at radius 2 is 1.26 bits per heavy atom. The van der Waals surface area contributed by atoms with E-state index >= 15 is 0 Å². The van der Waals surface area contributed by atoms with Crippen LogP contribution in [0.25, 0.3) is 65.7 Å².